The summed E-state index contributed by atoms with van der Waals surface area (Å²) in [6, 6.07) is 7.89. The van der Waals surface area contributed by atoms with Crippen molar-refractivity contribution >= 4 is 11.9 Å². The van der Waals surface area contributed by atoms with Crippen LogP contribution in [0, 0.1) is 5.92 Å². The number of esters is 1. The van der Waals surface area contributed by atoms with Gasteiger partial charge in [0.15, 0.2) is 0 Å². The fraction of sp³-hybridized carbons (Fsp3) is 0.450. The lowest BCUT2D eigenvalue weighted by molar-refractivity contribution is -0.153. The number of benzene rings is 1. The summed E-state index contributed by atoms with van der Waals surface area (Å²) in [6.45, 7) is 0.411. The van der Waals surface area contributed by atoms with Crippen LogP contribution in [0.5, 0.6) is 0 Å². The third kappa shape index (κ3) is 3.11. The van der Waals surface area contributed by atoms with Gasteiger partial charge in [0.05, 0.1) is 24.4 Å². The molecule has 1 amide bonds. The van der Waals surface area contributed by atoms with Crippen molar-refractivity contribution in [2.24, 2.45) is 5.92 Å². The second kappa shape index (κ2) is 6.94. The molecule has 2 aliphatic rings. The standard InChI is InChI=1S/C20H23N3O3/c24-18-12-16(20(26-18)8-4-1-5-9-20)19(25)22-13-15-6-2-3-7-17(15)23-11-10-21-14-23/h2-3,6-7,10-11,14,16H,1,4-5,8-9,12-13H2,(H,22,25)/t16-/m1/s1. The summed E-state index contributed by atoms with van der Waals surface area (Å²) < 4.78 is 7.57. The fourth-order valence-corrected chi connectivity index (χ4v) is 4.24. The van der Waals surface area contributed by atoms with E-state index in [2.05, 4.69) is 10.3 Å². The number of hydrogen-bond acceptors (Lipinski definition) is 4. The van der Waals surface area contributed by atoms with Crippen molar-refractivity contribution in [2.75, 3.05) is 0 Å². The lowest BCUT2D eigenvalue weighted by atomic mass is 9.75. The molecule has 1 aliphatic carbocycles. The summed E-state index contributed by atoms with van der Waals surface area (Å²) in [7, 11) is 0. The minimum atomic E-state index is -0.580. The van der Waals surface area contributed by atoms with E-state index in [1.165, 1.54) is 0 Å². The first kappa shape index (κ1) is 16.8. The molecule has 1 spiro atoms. The summed E-state index contributed by atoms with van der Waals surface area (Å²) in [5.41, 5.74) is 1.40. The molecule has 1 aromatic heterocycles. The molecule has 4 rings (SSSR count). The number of nitrogens with zero attached hydrogens (tertiary/aromatic N) is 2. The Morgan fingerprint density at radius 3 is 2.85 bits per heavy atom. The number of para-hydroxylation sites is 1. The second-order valence-electron chi connectivity index (χ2n) is 7.17. The van der Waals surface area contributed by atoms with Gasteiger partial charge in [-0.2, -0.15) is 0 Å². The number of rotatable bonds is 4. The normalized spacial score (nSPS) is 21.5. The zero-order valence-electron chi connectivity index (χ0n) is 14.7. The van der Waals surface area contributed by atoms with E-state index in [0.717, 1.165) is 43.4 Å². The van der Waals surface area contributed by atoms with Crippen LogP contribution >= 0.6 is 0 Å². The molecule has 1 aromatic carbocycles. The van der Waals surface area contributed by atoms with Crippen LogP contribution in [0.25, 0.3) is 5.69 Å². The molecule has 0 radical (unpaired) electrons. The molecule has 6 nitrogen and oxygen atoms in total. The van der Waals surface area contributed by atoms with Crippen molar-refractivity contribution in [1.82, 2.24) is 14.9 Å². The monoisotopic (exact) mass is 353 g/mol. The molecule has 136 valence electrons. The number of carbonyl (C=O) groups excluding carboxylic acids is 2. The number of imidazole rings is 1. The molecule has 2 aromatic rings. The first-order valence-corrected chi connectivity index (χ1v) is 9.24. The maximum atomic E-state index is 12.9. The molecule has 2 heterocycles. The molecule has 2 fully saturated rings. The molecule has 6 heteroatoms. The summed E-state index contributed by atoms with van der Waals surface area (Å²) in [4.78, 5) is 28.9. The molecular formula is C20H23N3O3. The Bertz CT molecular complexity index is 794. The van der Waals surface area contributed by atoms with Crippen molar-refractivity contribution in [1.29, 1.82) is 0 Å². The van der Waals surface area contributed by atoms with Crippen LogP contribution < -0.4 is 5.32 Å². The van der Waals surface area contributed by atoms with Crippen LogP contribution in [0.3, 0.4) is 0 Å². The van der Waals surface area contributed by atoms with Crippen LogP contribution in [0.2, 0.25) is 0 Å². The van der Waals surface area contributed by atoms with Gasteiger partial charge in [-0.3, -0.25) is 9.59 Å². The van der Waals surface area contributed by atoms with E-state index in [-0.39, 0.29) is 24.2 Å². The van der Waals surface area contributed by atoms with Crippen molar-refractivity contribution in [2.45, 2.75) is 50.7 Å². The molecule has 0 unspecified atom stereocenters. The summed E-state index contributed by atoms with van der Waals surface area (Å²) >= 11 is 0. The Kier molecular flexibility index (Phi) is 4.49. The lowest BCUT2D eigenvalue weighted by Crippen LogP contribution is -2.45. The Morgan fingerprint density at radius 1 is 1.27 bits per heavy atom. The van der Waals surface area contributed by atoms with Crippen LogP contribution in [-0.4, -0.2) is 27.0 Å². The molecular weight excluding hydrogens is 330 g/mol. The highest BCUT2D eigenvalue weighted by Gasteiger charge is 2.52. The van der Waals surface area contributed by atoms with Gasteiger partial charge in [0.1, 0.15) is 5.60 Å². The quantitative estimate of drug-likeness (QED) is 0.858. The number of amides is 1. The van der Waals surface area contributed by atoms with Gasteiger partial charge in [-0.25, -0.2) is 4.98 Å². The topological polar surface area (TPSA) is 73.2 Å². The summed E-state index contributed by atoms with van der Waals surface area (Å²) in [5, 5.41) is 3.03. The Morgan fingerprint density at radius 2 is 2.08 bits per heavy atom. The van der Waals surface area contributed by atoms with Gasteiger partial charge in [-0.15, -0.1) is 0 Å². The van der Waals surface area contributed by atoms with E-state index in [0.29, 0.717) is 6.54 Å². The van der Waals surface area contributed by atoms with Crippen LogP contribution in [-0.2, 0) is 20.9 Å². The summed E-state index contributed by atoms with van der Waals surface area (Å²) in [6.07, 6.45) is 10.3. The third-order valence-corrected chi connectivity index (χ3v) is 5.57. The molecule has 0 bridgehead atoms. The lowest BCUT2D eigenvalue weighted by Gasteiger charge is -2.36. The maximum absolute atomic E-state index is 12.9. The number of aromatic nitrogens is 2. The molecule has 26 heavy (non-hydrogen) atoms. The first-order chi connectivity index (χ1) is 12.7. The van der Waals surface area contributed by atoms with Crippen LogP contribution in [0.15, 0.2) is 43.0 Å². The fourth-order valence-electron chi connectivity index (χ4n) is 4.24. The van der Waals surface area contributed by atoms with Crippen molar-refractivity contribution < 1.29 is 14.3 Å². The van der Waals surface area contributed by atoms with Gasteiger partial charge in [-0.05, 0) is 37.3 Å². The highest BCUT2D eigenvalue weighted by molar-refractivity contribution is 5.87. The largest absolute Gasteiger partial charge is 0.458 e. The van der Waals surface area contributed by atoms with E-state index in [9.17, 15) is 9.59 Å². The zero-order valence-corrected chi connectivity index (χ0v) is 14.7. The minimum absolute atomic E-state index is 0.0850. The van der Waals surface area contributed by atoms with E-state index < -0.39 is 5.60 Å². The van der Waals surface area contributed by atoms with Crippen LogP contribution in [0.4, 0.5) is 0 Å². The van der Waals surface area contributed by atoms with Crippen molar-refractivity contribution in [3.05, 3.63) is 48.5 Å². The predicted molar refractivity (Wildman–Crippen MR) is 95.4 cm³/mol. The number of ether oxygens (including phenoxy) is 1. The predicted octanol–water partition coefficient (Wildman–Crippen LogP) is 2.75. The highest BCUT2D eigenvalue weighted by Crippen LogP contribution is 2.44. The second-order valence-corrected chi connectivity index (χ2v) is 7.17. The molecule has 1 saturated heterocycles. The van der Waals surface area contributed by atoms with Crippen LogP contribution in [0.1, 0.15) is 44.1 Å². The molecule has 1 saturated carbocycles. The van der Waals surface area contributed by atoms with Gasteiger partial charge in [0, 0.05) is 18.9 Å². The Hall–Kier alpha value is -2.63. The maximum Gasteiger partial charge on any atom is 0.307 e. The van der Waals surface area contributed by atoms with Gasteiger partial charge >= 0.3 is 5.97 Å². The van der Waals surface area contributed by atoms with Gasteiger partial charge in [0.25, 0.3) is 0 Å². The zero-order chi connectivity index (χ0) is 18.0. The molecule has 1 aliphatic heterocycles. The van der Waals surface area contributed by atoms with Gasteiger partial charge in [0.2, 0.25) is 5.91 Å². The first-order valence-electron chi connectivity index (χ1n) is 9.24. The SMILES string of the molecule is O=C1C[C@H](C(=O)NCc2ccccc2-n2ccnc2)C2(CCCCC2)O1. The molecule has 1 atom stereocenters. The van der Waals surface area contributed by atoms with Gasteiger partial charge < -0.3 is 14.6 Å². The van der Waals surface area contributed by atoms with E-state index in [1.54, 1.807) is 12.5 Å². The number of hydrogen-bond donors (Lipinski definition) is 1. The van der Waals surface area contributed by atoms with Crippen molar-refractivity contribution in [3.63, 3.8) is 0 Å². The molecule has 1 N–H and O–H groups in total. The number of nitrogens with one attached hydrogen (secondary N) is 1. The van der Waals surface area contributed by atoms with E-state index in [1.807, 2.05) is 35.0 Å². The number of carbonyl (C=O) groups is 2. The highest BCUT2D eigenvalue weighted by atomic mass is 16.6. The van der Waals surface area contributed by atoms with E-state index >= 15 is 0 Å². The third-order valence-electron chi connectivity index (χ3n) is 5.57. The minimum Gasteiger partial charge on any atom is -0.458 e. The Labute approximate surface area is 152 Å². The Balaban J connectivity index is 1.48. The average molecular weight is 353 g/mol. The van der Waals surface area contributed by atoms with Gasteiger partial charge in [-0.1, -0.05) is 24.6 Å². The smallest absolute Gasteiger partial charge is 0.307 e. The average Bonchev–Trinajstić information content (AvgIpc) is 3.29. The van der Waals surface area contributed by atoms with E-state index in [4.69, 9.17) is 4.74 Å². The van der Waals surface area contributed by atoms with Crippen molar-refractivity contribution in [3.8, 4) is 5.69 Å². The summed E-state index contributed by atoms with van der Waals surface area (Å²) in [5.74, 6) is -0.709.